The molecular weight excluding hydrogens is 362 g/mol. The van der Waals surface area contributed by atoms with E-state index in [0.29, 0.717) is 23.8 Å². The molecule has 28 heavy (non-hydrogen) atoms. The summed E-state index contributed by atoms with van der Waals surface area (Å²) in [5.74, 6) is -0.589. The topological polar surface area (TPSA) is 90.9 Å². The van der Waals surface area contributed by atoms with Crippen LogP contribution < -0.4 is 10.1 Å². The number of nitrogens with one attached hydrogen (secondary N) is 1. The molecule has 148 valence electrons. The third kappa shape index (κ3) is 5.57. The quantitative estimate of drug-likeness (QED) is 0.733. The van der Waals surface area contributed by atoms with E-state index < -0.39 is 17.8 Å². The van der Waals surface area contributed by atoms with Crippen molar-refractivity contribution in [3.8, 4) is 5.75 Å². The maximum absolute atomic E-state index is 12.5. The first-order valence-electron chi connectivity index (χ1n) is 8.70. The molecule has 2 aromatic carbocycles. The molecule has 0 unspecified atom stereocenters. The van der Waals surface area contributed by atoms with Gasteiger partial charge in [0.2, 0.25) is 0 Å². The lowest BCUT2D eigenvalue weighted by atomic mass is 10.1. The Morgan fingerprint density at radius 3 is 1.86 bits per heavy atom. The van der Waals surface area contributed by atoms with Crippen molar-refractivity contribution in [3.05, 3.63) is 59.2 Å². The van der Waals surface area contributed by atoms with E-state index in [1.165, 1.54) is 32.4 Å². The van der Waals surface area contributed by atoms with E-state index in [-0.39, 0.29) is 16.8 Å². The smallest absolute Gasteiger partial charge is 0.337 e. The molecule has 0 aliphatic rings. The highest BCUT2D eigenvalue weighted by atomic mass is 16.5. The van der Waals surface area contributed by atoms with E-state index in [1.54, 1.807) is 24.3 Å². The molecule has 0 spiro atoms. The Bertz CT molecular complexity index is 823. The number of carbonyl (C=O) groups is 3. The largest absolute Gasteiger partial charge is 0.493 e. The lowest BCUT2D eigenvalue weighted by Crippen LogP contribution is -2.14. The van der Waals surface area contributed by atoms with Crippen LogP contribution in [0.5, 0.6) is 5.75 Å². The van der Waals surface area contributed by atoms with Gasteiger partial charge in [-0.05, 0) is 48.4 Å². The molecule has 0 aromatic heterocycles. The second kappa shape index (κ2) is 9.55. The Labute approximate surface area is 163 Å². The fourth-order valence-electron chi connectivity index (χ4n) is 2.34. The fourth-order valence-corrected chi connectivity index (χ4v) is 2.34. The number of benzene rings is 2. The van der Waals surface area contributed by atoms with Crippen LogP contribution >= 0.6 is 0 Å². The Morgan fingerprint density at radius 2 is 1.39 bits per heavy atom. The molecule has 7 nitrogen and oxygen atoms in total. The van der Waals surface area contributed by atoms with Crippen LogP contribution in [-0.2, 0) is 9.47 Å². The Hall–Kier alpha value is -3.35. The predicted molar refractivity (Wildman–Crippen MR) is 104 cm³/mol. The van der Waals surface area contributed by atoms with Crippen molar-refractivity contribution in [2.24, 2.45) is 5.92 Å². The van der Waals surface area contributed by atoms with Gasteiger partial charge in [0.05, 0.1) is 32.0 Å². The van der Waals surface area contributed by atoms with Crippen molar-refractivity contribution in [2.75, 3.05) is 26.1 Å². The van der Waals surface area contributed by atoms with Gasteiger partial charge in [0.25, 0.3) is 5.91 Å². The molecular formula is C21H23NO6. The van der Waals surface area contributed by atoms with Crippen molar-refractivity contribution in [1.82, 2.24) is 0 Å². The second-order valence-corrected chi connectivity index (χ2v) is 6.47. The van der Waals surface area contributed by atoms with Crippen molar-refractivity contribution >= 4 is 23.5 Å². The zero-order chi connectivity index (χ0) is 20.7. The first-order chi connectivity index (χ1) is 13.3. The predicted octanol–water partition coefficient (Wildman–Crippen LogP) is 3.55. The van der Waals surface area contributed by atoms with Gasteiger partial charge in [-0.2, -0.15) is 0 Å². The van der Waals surface area contributed by atoms with Crippen molar-refractivity contribution in [1.29, 1.82) is 0 Å². The lowest BCUT2D eigenvalue weighted by Gasteiger charge is -2.11. The van der Waals surface area contributed by atoms with E-state index in [9.17, 15) is 14.4 Å². The van der Waals surface area contributed by atoms with Gasteiger partial charge in [-0.3, -0.25) is 4.79 Å². The second-order valence-electron chi connectivity index (χ2n) is 6.47. The zero-order valence-electron chi connectivity index (χ0n) is 16.3. The van der Waals surface area contributed by atoms with E-state index >= 15 is 0 Å². The normalized spacial score (nSPS) is 10.3. The summed E-state index contributed by atoms with van der Waals surface area (Å²) in [6, 6.07) is 10.9. The van der Waals surface area contributed by atoms with E-state index in [2.05, 4.69) is 14.8 Å². The molecule has 0 radical (unpaired) electrons. The van der Waals surface area contributed by atoms with E-state index in [4.69, 9.17) is 4.74 Å². The third-order valence-corrected chi connectivity index (χ3v) is 3.73. The van der Waals surface area contributed by atoms with Crippen LogP contribution in [0, 0.1) is 5.92 Å². The first-order valence-corrected chi connectivity index (χ1v) is 8.70. The van der Waals surface area contributed by atoms with E-state index in [0.717, 1.165) is 0 Å². The van der Waals surface area contributed by atoms with Gasteiger partial charge in [0.15, 0.2) is 0 Å². The maximum atomic E-state index is 12.5. The average molecular weight is 385 g/mol. The molecule has 0 aliphatic heterocycles. The lowest BCUT2D eigenvalue weighted by molar-refractivity contribution is 0.0599. The Balaban J connectivity index is 2.20. The summed E-state index contributed by atoms with van der Waals surface area (Å²) in [7, 11) is 2.46. The monoisotopic (exact) mass is 385 g/mol. The van der Waals surface area contributed by atoms with Crippen LogP contribution in [0.25, 0.3) is 0 Å². The molecule has 2 aromatic rings. The third-order valence-electron chi connectivity index (χ3n) is 3.73. The average Bonchev–Trinajstić information content (AvgIpc) is 2.70. The van der Waals surface area contributed by atoms with Crippen LogP contribution in [0.15, 0.2) is 42.5 Å². The minimum Gasteiger partial charge on any atom is -0.493 e. The molecule has 0 saturated heterocycles. The maximum Gasteiger partial charge on any atom is 0.337 e. The van der Waals surface area contributed by atoms with Gasteiger partial charge >= 0.3 is 11.9 Å². The highest BCUT2D eigenvalue weighted by molar-refractivity contribution is 6.06. The molecule has 0 heterocycles. The molecule has 1 N–H and O–H groups in total. The molecule has 1 amide bonds. The van der Waals surface area contributed by atoms with Crippen LogP contribution in [0.2, 0.25) is 0 Å². The summed E-state index contributed by atoms with van der Waals surface area (Å²) >= 11 is 0. The molecule has 0 fully saturated rings. The summed E-state index contributed by atoms with van der Waals surface area (Å²) in [6.45, 7) is 4.68. The van der Waals surface area contributed by atoms with Gasteiger partial charge in [0.1, 0.15) is 5.75 Å². The number of carbonyl (C=O) groups excluding carboxylic acids is 3. The number of hydrogen-bond donors (Lipinski definition) is 1. The molecule has 2 rings (SSSR count). The van der Waals surface area contributed by atoms with Crippen LogP contribution in [0.4, 0.5) is 5.69 Å². The first kappa shape index (κ1) is 21.0. The molecule has 0 atom stereocenters. The van der Waals surface area contributed by atoms with Gasteiger partial charge in [0, 0.05) is 11.3 Å². The van der Waals surface area contributed by atoms with Gasteiger partial charge in [-0.15, -0.1) is 0 Å². The SMILES string of the molecule is COC(=O)c1cc(NC(=O)c2ccc(OCC(C)C)cc2)cc(C(=O)OC)c1. The number of hydrogen-bond acceptors (Lipinski definition) is 6. The standard InChI is InChI=1S/C21H23NO6/c1-13(2)12-28-18-7-5-14(6-8-18)19(23)22-17-10-15(20(24)26-3)9-16(11-17)21(25)27-4/h5-11,13H,12H2,1-4H3,(H,22,23). The van der Waals surface area contributed by atoms with Crippen molar-refractivity contribution in [2.45, 2.75) is 13.8 Å². The number of amides is 1. The fraction of sp³-hybridized carbons (Fsp3) is 0.286. The highest BCUT2D eigenvalue weighted by Gasteiger charge is 2.15. The minimum atomic E-state index is -0.632. The van der Waals surface area contributed by atoms with Crippen molar-refractivity contribution < 1.29 is 28.6 Å². The molecule has 0 bridgehead atoms. The highest BCUT2D eigenvalue weighted by Crippen LogP contribution is 2.19. The Kier molecular flexibility index (Phi) is 7.14. The summed E-state index contributed by atoms with van der Waals surface area (Å²) in [4.78, 5) is 36.2. The van der Waals surface area contributed by atoms with Gasteiger partial charge < -0.3 is 19.5 Å². The summed E-state index contributed by atoms with van der Waals surface area (Å²) in [5.41, 5.74) is 0.921. The van der Waals surface area contributed by atoms with Crippen LogP contribution in [0.1, 0.15) is 44.9 Å². The number of anilines is 1. The van der Waals surface area contributed by atoms with Crippen LogP contribution in [0.3, 0.4) is 0 Å². The van der Waals surface area contributed by atoms with E-state index in [1.807, 2.05) is 13.8 Å². The minimum absolute atomic E-state index is 0.123. The number of ether oxygens (including phenoxy) is 3. The number of rotatable bonds is 7. The molecule has 0 saturated carbocycles. The van der Waals surface area contributed by atoms with Crippen LogP contribution in [-0.4, -0.2) is 38.7 Å². The Morgan fingerprint density at radius 1 is 0.857 bits per heavy atom. The van der Waals surface area contributed by atoms with Gasteiger partial charge in [-0.25, -0.2) is 9.59 Å². The number of esters is 2. The van der Waals surface area contributed by atoms with Crippen molar-refractivity contribution in [3.63, 3.8) is 0 Å². The molecule has 0 aliphatic carbocycles. The molecule has 7 heteroatoms. The summed E-state index contributed by atoms with van der Waals surface area (Å²) in [5, 5.41) is 2.67. The summed E-state index contributed by atoms with van der Waals surface area (Å²) in [6.07, 6.45) is 0. The zero-order valence-corrected chi connectivity index (χ0v) is 16.3. The van der Waals surface area contributed by atoms with Gasteiger partial charge in [-0.1, -0.05) is 13.8 Å². The summed E-state index contributed by atoms with van der Waals surface area (Å²) < 4.78 is 15.0. The number of methoxy groups -OCH3 is 2.